The molecule has 2 rings (SSSR count). The maximum Gasteiger partial charge on any atom is 0.0256 e. The summed E-state index contributed by atoms with van der Waals surface area (Å²) >= 11 is 3.72. The van der Waals surface area contributed by atoms with Crippen LogP contribution >= 0.6 is 23.5 Å². The third-order valence-electron chi connectivity index (χ3n) is 3.03. The zero-order valence-corrected chi connectivity index (χ0v) is 18.1. The minimum atomic E-state index is 0.222. The molecule has 2 aromatic rings. The van der Waals surface area contributed by atoms with Crippen LogP contribution in [-0.2, 0) is 0 Å². The van der Waals surface area contributed by atoms with Gasteiger partial charge in [0.2, 0.25) is 0 Å². The average molecular weight is 379 g/mol. The van der Waals surface area contributed by atoms with Crippen molar-refractivity contribution in [2.24, 2.45) is 0 Å². The molecule has 0 aliphatic rings. The van der Waals surface area contributed by atoms with E-state index in [4.69, 9.17) is 0 Å². The molecule has 2 aromatic carbocycles. The summed E-state index contributed by atoms with van der Waals surface area (Å²) in [5.41, 5.74) is 1.99. The average Bonchev–Trinajstić information content (AvgIpc) is 2.52. The van der Waals surface area contributed by atoms with Crippen molar-refractivity contribution in [3.8, 4) is 23.7 Å². The van der Waals surface area contributed by atoms with E-state index in [1.807, 2.05) is 23.5 Å². The second-order valence-corrected chi connectivity index (χ2v) is 11.8. The van der Waals surface area contributed by atoms with E-state index < -0.39 is 0 Å². The molecule has 134 valence electrons. The van der Waals surface area contributed by atoms with Crippen LogP contribution in [0.5, 0.6) is 0 Å². The molecular formula is C24H26S2. The van der Waals surface area contributed by atoms with E-state index in [9.17, 15) is 0 Å². The van der Waals surface area contributed by atoms with Crippen molar-refractivity contribution in [2.75, 3.05) is 0 Å². The van der Waals surface area contributed by atoms with Crippen molar-refractivity contribution < 1.29 is 0 Å². The highest BCUT2D eigenvalue weighted by atomic mass is 32.2. The van der Waals surface area contributed by atoms with Gasteiger partial charge >= 0.3 is 0 Å². The molecular weight excluding hydrogens is 352 g/mol. The summed E-state index contributed by atoms with van der Waals surface area (Å²) < 4.78 is 0.444. The quantitative estimate of drug-likeness (QED) is 0.413. The van der Waals surface area contributed by atoms with Crippen LogP contribution in [0.15, 0.2) is 58.3 Å². The van der Waals surface area contributed by atoms with Crippen molar-refractivity contribution in [2.45, 2.75) is 60.8 Å². The van der Waals surface area contributed by atoms with Crippen molar-refractivity contribution >= 4 is 23.5 Å². The third-order valence-corrected chi connectivity index (χ3v) is 5.27. The first-order chi connectivity index (χ1) is 12.1. The first kappa shape index (κ1) is 20.6. The fourth-order valence-corrected chi connectivity index (χ4v) is 4.09. The van der Waals surface area contributed by atoms with Gasteiger partial charge in [0.15, 0.2) is 0 Å². The number of hydrogen-bond acceptors (Lipinski definition) is 2. The van der Waals surface area contributed by atoms with Gasteiger partial charge in [-0.2, -0.15) is 0 Å². The minimum Gasteiger partial charge on any atom is -0.120 e. The van der Waals surface area contributed by atoms with Gasteiger partial charge in [-0.1, -0.05) is 53.4 Å². The van der Waals surface area contributed by atoms with Crippen LogP contribution in [0.4, 0.5) is 0 Å². The molecule has 0 spiro atoms. The van der Waals surface area contributed by atoms with Crippen LogP contribution < -0.4 is 0 Å². The van der Waals surface area contributed by atoms with Gasteiger partial charge < -0.3 is 0 Å². The van der Waals surface area contributed by atoms with Gasteiger partial charge in [0.05, 0.1) is 0 Å². The summed E-state index contributed by atoms with van der Waals surface area (Å²) in [7, 11) is 0. The lowest BCUT2D eigenvalue weighted by molar-refractivity contribution is 0.802. The minimum absolute atomic E-state index is 0.222. The largest absolute Gasteiger partial charge is 0.120 e. The highest BCUT2D eigenvalue weighted by Gasteiger charge is 2.12. The van der Waals surface area contributed by atoms with Crippen LogP contribution in [0.1, 0.15) is 52.7 Å². The molecule has 0 amide bonds. The van der Waals surface area contributed by atoms with Gasteiger partial charge in [-0.05, 0) is 60.4 Å². The standard InChI is InChI=1S/C24H26S2/c1-23(2,3)25-21-15-11-19(12-16-21)9-7-8-10-20-13-17-22(18-14-20)26-24(4,5)6/h11-18H,1-6H3. The van der Waals surface area contributed by atoms with Gasteiger partial charge in [0.25, 0.3) is 0 Å². The van der Waals surface area contributed by atoms with E-state index >= 15 is 0 Å². The molecule has 2 heteroatoms. The number of thioether (sulfide) groups is 2. The van der Waals surface area contributed by atoms with Gasteiger partial charge in [-0.15, -0.1) is 23.5 Å². The Morgan fingerprint density at radius 3 is 1.12 bits per heavy atom. The number of rotatable bonds is 2. The molecule has 0 saturated heterocycles. The fourth-order valence-electron chi connectivity index (χ4n) is 2.13. The van der Waals surface area contributed by atoms with E-state index in [0.717, 1.165) is 11.1 Å². The highest BCUT2D eigenvalue weighted by Crippen LogP contribution is 2.32. The molecule has 0 radical (unpaired) electrons. The topological polar surface area (TPSA) is 0 Å². The SMILES string of the molecule is CC(C)(C)Sc1ccc(C#CC#Cc2ccc(SC(C)(C)C)cc2)cc1. The molecule has 0 bridgehead atoms. The summed E-state index contributed by atoms with van der Waals surface area (Å²) in [6.07, 6.45) is 0. The Morgan fingerprint density at radius 1 is 0.538 bits per heavy atom. The normalized spacial score (nSPS) is 11.2. The van der Waals surface area contributed by atoms with E-state index in [2.05, 4.69) is 114 Å². The summed E-state index contributed by atoms with van der Waals surface area (Å²) in [6, 6.07) is 16.7. The van der Waals surface area contributed by atoms with Gasteiger partial charge in [0, 0.05) is 30.4 Å². The Balaban J connectivity index is 1.98. The molecule has 0 atom stereocenters. The van der Waals surface area contributed by atoms with Crippen LogP contribution in [0.25, 0.3) is 0 Å². The Hall–Kier alpha value is -1.74. The van der Waals surface area contributed by atoms with E-state index in [-0.39, 0.29) is 9.49 Å². The van der Waals surface area contributed by atoms with Crippen molar-refractivity contribution in [3.63, 3.8) is 0 Å². The van der Waals surface area contributed by atoms with Crippen LogP contribution in [0, 0.1) is 23.7 Å². The predicted molar refractivity (Wildman–Crippen MR) is 118 cm³/mol. The Kier molecular flexibility index (Phi) is 6.94. The van der Waals surface area contributed by atoms with E-state index in [1.165, 1.54) is 9.79 Å². The van der Waals surface area contributed by atoms with E-state index in [1.54, 1.807) is 0 Å². The molecule has 0 aliphatic heterocycles. The van der Waals surface area contributed by atoms with Gasteiger partial charge in [-0.25, -0.2) is 0 Å². The molecule has 0 fully saturated rings. The molecule has 0 aliphatic carbocycles. The maximum absolute atomic E-state index is 3.11. The summed E-state index contributed by atoms with van der Waals surface area (Å²) in [5.74, 6) is 12.1. The first-order valence-corrected chi connectivity index (χ1v) is 10.3. The summed E-state index contributed by atoms with van der Waals surface area (Å²) in [5, 5.41) is 0. The first-order valence-electron chi connectivity index (χ1n) is 8.71. The van der Waals surface area contributed by atoms with Crippen molar-refractivity contribution in [1.82, 2.24) is 0 Å². The molecule has 26 heavy (non-hydrogen) atoms. The van der Waals surface area contributed by atoms with Gasteiger partial charge in [0.1, 0.15) is 0 Å². The smallest absolute Gasteiger partial charge is 0.0256 e. The Labute approximate surface area is 167 Å². The lowest BCUT2D eigenvalue weighted by Gasteiger charge is -2.17. The Bertz CT molecular complexity index is 762. The number of hydrogen-bond donors (Lipinski definition) is 0. The monoisotopic (exact) mass is 378 g/mol. The Morgan fingerprint density at radius 2 is 0.846 bits per heavy atom. The van der Waals surface area contributed by atoms with Crippen LogP contribution in [-0.4, -0.2) is 9.49 Å². The zero-order chi connectivity index (χ0) is 19.2. The third kappa shape index (κ3) is 8.09. The zero-order valence-electron chi connectivity index (χ0n) is 16.4. The predicted octanol–water partition coefficient (Wildman–Crippen LogP) is 6.87. The van der Waals surface area contributed by atoms with Crippen LogP contribution in [0.2, 0.25) is 0 Å². The lowest BCUT2D eigenvalue weighted by Crippen LogP contribution is -2.06. The highest BCUT2D eigenvalue weighted by molar-refractivity contribution is 8.00. The fraction of sp³-hybridized carbons (Fsp3) is 0.333. The maximum atomic E-state index is 3.11. The van der Waals surface area contributed by atoms with Crippen molar-refractivity contribution in [1.29, 1.82) is 0 Å². The molecule has 0 saturated carbocycles. The second-order valence-electron chi connectivity index (χ2n) is 7.98. The molecule has 0 aromatic heterocycles. The lowest BCUT2D eigenvalue weighted by atomic mass is 10.2. The molecule has 0 unspecified atom stereocenters. The molecule has 0 N–H and O–H groups in total. The molecule has 0 nitrogen and oxygen atoms in total. The second kappa shape index (κ2) is 8.77. The summed E-state index contributed by atoms with van der Waals surface area (Å²) in [6.45, 7) is 13.3. The van der Waals surface area contributed by atoms with Crippen molar-refractivity contribution in [3.05, 3.63) is 59.7 Å². The molecule has 0 heterocycles. The van der Waals surface area contributed by atoms with E-state index in [0.29, 0.717) is 0 Å². The summed E-state index contributed by atoms with van der Waals surface area (Å²) in [4.78, 5) is 2.53. The number of benzene rings is 2. The van der Waals surface area contributed by atoms with Gasteiger partial charge in [-0.3, -0.25) is 0 Å². The van der Waals surface area contributed by atoms with Crippen LogP contribution in [0.3, 0.4) is 0 Å².